The minimum atomic E-state index is 0.524. The van der Waals surface area contributed by atoms with Crippen LogP contribution in [0.3, 0.4) is 0 Å². The second-order valence-corrected chi connectivity index (χ2v) is 4.25. The average molecular weight is 282 g/mol. The molecule has 1 aromatic heterocycles. The first-order valence-corrected chi connectivity index (χ1v) is 5.83. The Morgan fingerprint density at radius 2 is 1.94 bits per heavy atom. The first kappa shape index (κ1) is 11.3. The number of hydrogen-bond donors (Lipinski definition) is 1. The van der Waals surface area contributed by atoms with E-state index in [0.29, 0.717) is 31.2 Å². The van der Waals surface area contributed by atoms with Crippen molar-refractivity contribution in [3.63, 3.8) is 0 Å². The Bertz CT molecular complexity index is 470. The fourth-order valence-electron chi connectivity index (χ4n) is 1.39. The summed E-state index contributed by atoms with van der Waals surface area (Å²) in [4.78, 5) is 0. The Labute approximate surface area is 102 Å². The van der Waals surface area contributed by atoms with Crippen molar-refractivity contribution < 1.29 is 4.42 Å². The van der Waals surface area contributed by atoms with Gasteiger partial charge in [0.25, 0.3) is 0 Å². The van der Waals surface area contributed by atoms with Gasteiger partial charge >= 0.3 is 0 Å². The molecule has 2 N–H and O–H groups in total. The zero-order chi connectivity index (χ0) is 11.4. The summed E-state index contributed by atoms with van der Waals surface area (Å²) in [6.45, 7) is 0.524. The van der Waals surface area contributed by atoms with Gasteiger partial charge in [0.2, 0.25) is 11.8 Å². The molecule has 0 radical (unpaired) electrons. The summed E-state index contributed by atoms with van der Waals surface area (Å²) in [6, 6.07) is 7.97. The first-order chi connectivity index (χ1) is 7.79. The van der Waals surface area contributed by atoms with Gasteiger partial charge in [-0.2, -0.15) is 0 Å². The summed E-state index contributed by atoms with van der Waals surface area (Å²) in [5.74, 6) is 1.22. The summed E-state index contributed by atoms with van der Waals surface area (Å²) >= 11 is 3.48. The molecular weight excluding hydrogens is 270 g/mol. The van der Waals surface area contributed by atoms with E-state index in [1.165, 1.54) is 0 Å². The lowest BCUT2D eigenvalue weighted by molar-refractivity contribution is 0.458. The maximum atomic E-state index is 5.46. The second kappa shape index (κ2) is 5.23. The number of benzene rings is 1. The Kier molecular flexibility index (Phi) is 3.69. The maximum absolute atomic E-state index is 5.46. The molecule has 2 rings (SSSR count). The van der Waals surface area contributed by atoms with Crippen molar-refractivity contribution in [1.29, 1.82) is 0 Å². The number of halogens is 1. The molecule has 0 saturated heterocycles. The third-order valence-electron chi connectivity index (χ3n) is 2.17. The minimum absolute atomic E-state index is 0.524. The molecule has 0 spiro atoms. The summed E-state index contributed by atoms with van der Waals surface area (Å²) in [6.07, 6.45) is 1.27. The lowest BCUT2D eigenvalue weighted by atomic mass is 10.1. The van der Waals surface area contributed by atoms with Gasteiger partial charge < -0.3 is 10.2 Å². The fourth-order valence-corrected chi connectivity index (χ4v) is 1.81. The molecule has 16 heavy (non-hydrogen) atoms. The summed E-state index contributed by atoms with van der Waals surface area (Å²) in [5, 5.41) is 7.90. The Balaban J connectivity index is 2.11. The van der Waals surface area contributed by atoms with Crippen LogP contribution in [0.1, 0.15) is 17.3 Å². The van der Waals surface area contributed by atoms with E-state index in [4.69, 9.17) is 10.2 Å². The van der Waals surface area contributed by atoms with Gasteiger partial charge in [0, 0.05) is 17.4 Å². The van der Waals surface area contributed by atoms with Crippen molar-refractivity contribution in [1.82, 2.24) is 10.2 Å². The van der Waals surface area contributed by atoms with Crippen molar-refractivity contribution in [2.45, 2.75) is 12.8 Å². The highest BCUT2D eigenvalue weighted by atomic mass is 79.9. The van der Waals surface area contributed by atoms with Crippen molar-refractivity contribution in [3.8, 4) is 0 Å². The molecule has 0 saturated carbocycles. The van der Waals surface area contributed by atoms with E-state index in [-0.39, 0.29) is 0 Å². The van der Waals surface area contributed by atoms with E-state index < -0.39 is 0 Å². The molecular formula is C11H12BrN3O. The van der Waals surface area contributed by atoms with Crippen molar-refractivity contribution >= 4 is 15.9 Å². The van der Waals surface area contributed by atoms with E-state index in [1.807, 2.05) is 24.3 Å². The molecule has 0 aliphatic heterocycles. The van der Waals surface area contributed by atoms with Gasteiger partial charge in [0.1, 0.15) is 0 Å². The van der Waals surface area contributed by atoms with E-state index in [9.17, 15) is 0 Å². The molecule has 0 fully saturated rings. The molecule has 0 aliphatic rings. The Morgan fingerprint density at radius 3 is 2.69 bits per heavy atom. The zero-order valence-electron chi connectivity index (χ0n) is 8.69. The zero-order valence-corrected chi connectivity index (χ0v) is 10.3. The van der Waals surface area contributed by atoms with Crippen LogP contribution < -0.4 is 5.73 Å². The molecule has 0 amide bonds. The smallest absolute Gasteiger partial charge is 0.220 e. The average Bonchev–Trinajstić information content (AvgIpc) is 2.70. The third-order valence-corrected chi connectivity index (χ3v) is 2.94. The van der Waals surface area contributed by atoms with Crippen molar-refractivity contribution in [3.05, 3.63) is 46.1 Å². The molecule has 0 bridgehead atoms. The highest BCUT2D eigenvalue weighted by molar-refractivity contribution is 9.10. The van der Waals surface area contributed by atoms with E-state index in [2.05, 4.69) is 26.1 Å². The lowest BCUT2D eigenvalue weighted by Gasteiger charge is -1.99. The summed E-state index contributed by atoms with van der Waals surface area (Å²) in [5.41, 5.74) is 6.54. The molecule has 84 valence electrons. The van der Waals surface area contributed by atoms with Crippen LogP contribution in [0, 0.1) is 0 Å². The summed E-state index contributed by atoms with van der Waals surface area (Å²) in [7, 11) is 0. The molecule has 2 aromatic rings. The molecule has 4 nitrogen and oxygen atoms in total. The van der Waals surface area contributed by atoms with Crippen molar-refractivity contribution in [2.24, 2.45) is 5.73 Å². The first-order valence-electron chi connectivity index (χ1n) is 5.04. The van der Waals surface area contributed by atoms with E-state index in [1.54, 1.807) is 0 Å². The maximum Gasteiger partial charge on any atom is 0.220 e. The quantitative estimate of drug-likeness (QED) is 0.930. The Morgan fingerprint density at radius 1 is 1.19 bits per heavy atom. The monoisotopic (exact) mass is 281 g/mol. The van der Waals surface area contributed by atoms with Crippen LogP contribution in [0.2, 0.25) is 0 Å². The van der Waals surface area contributed by atoms with Gasteiger partial charge in [-0.3, -0.25) is 0 Å². The predicted molar refractivity (Wildman–Crippen MR) is 64.0 cm³/mol. The van der Waals surface area contributed by atoms with Gasteiger partial charge in [0.05, 0.1) is 6.42 Å². The van der Waals surface area contributed by atoms with Crippen LogP contribution in [0.4, 0.5) is 0 Å². The van der Waals surface area contributed by atoms with Gasteiger partial charge in [-0.1, -0.05) is 34.1 Å². The molecule has 1 heterocycles. The molecule has 0 unspecified atom stereocenters. The number of rotatable bonds is 4. The van der Waals surface area contributed by atoms with Gasteiger partial charge in [-0.15, -0.1) is 10.2 Å². The Hall–Kier alpha value is -1.20. The number of aromatic nitrogens is 2. The topological polar surface area (TPSA) is 64.9 Å². The SMILES string of the molecule is NCCc1nnc(Cc2ccccc2Br)o1. The molecule has 1 aromatic carbocycles. The standard InChI is InChI=1S/C11H12BrN3O/c12-9-4-2-1-3-8(9)7-11-15-14-10(16-11)5-6-13/h1-4H,5-7,13H2. The van der Waals surface area contributed by atoms with Crippen LogP contribution in [-0.4, -0.2) is 16.7 Å². The van der Waals surface area contributed by atoms with Crippen LogP contribution in [-0.2, 0) is 12.8 Å². The van der Waals surface area contributed by atoms with Crippen LogP contribution in [0.25, 0.3) is 0 Å². The highest BCUT2D eigenvalue weighted by Crippen LogP contribution is 2.18. The summed E-state index contributed by atoms with van der Waals surface area (Å²) < 4.78 is 6.51. The fraction of sp³-hybridized carbons (Fsp3) is 0.273. The van der Waals surface area contributed by atoms with E-state index in [0.717, 1.165) is 10.0 Å². The van der Waals surface area contributed by atoms with Crippen LogP contribution in [0.15, 0.2) is 33.2 Å². The second-order valence-electron chi connectivity index (χ2n) is 3.40. The van der Waals surface area contributed by atoms with Crippen LogP contribution in [0.5, 0.6) is 0 Å². The third kappa shape index (κ3) is 2.68. The molecule has 0 aliphatic carbocycles. The highest BCUT2D eigenvalue weighted by Gasteiger charge is 2.07. The molecule has 0 atom stereocenters. The largest absolute Gasteiger partial charge is 0.425 e. The number of nitrogens with two attached hydrogens (primary N) is 1. The normalized spacial score (nSPS) is 10.6. The van der Waals surface area contributed by atoms with Gasteiger partial charge in [0.15, 0.2) is 0 Å². The number of hydrogen-bond acceptors (Lipinski definition) is 4. The van der Waals surface area contributed by atoms with Gasteiger partial charge in [-0.05, 0) is 11.6 Å². The van der Waals surface area contributed by atoms with Crippen LogP contribution >= 0.6 is 15.9 Å². The van der Waals surface area contributed by atoms with E-state index >= 15 is 0 Å². The lowest BCUT2D eigenvalue weighted by Crippen LogP contribution is -2.02. The predicted octanol–water partition coefficient (Wildman–Crippen LogP) is 1.92. The molecule has 5 heteroatoms. The van der Waals surface area contributed by atoms with Gasteiger partial charge in [-0.25, -0.2) is 0 Å². The number of nitrogens with zero attached hydrogens (tertiary/aromatic N) is 2. The minimum Gasteiger partial charge on any atom is -0.425 e. The van der Waals surface area contributed by atoms with Crippen molar-refractivity contribution in [2.75, 3.05) is 6.54 Å².